The molecule has 1 aromatic carbocycles. The molecule has 21 heavy (non-hydrogen) atoms. The van der Waals surface area contributed by atoms with Crippen molar-refractivity contribution >= 4 is 5.78 Å². The van der Waals surface area contributed by atoms with E-state index < -0.39 is 0 Å². The van der Waals surface area contributed by atoms with E-state index >= 15 is 0 Å². The predicted octanol–water partition coefficient (Wildman–Crippen LogP) is 2.12. The number of hydrogen-bond donors (Lipinski definition) is 1. The van der Waals surface area contributed by atoms with E-state index in [9.17, 15) is 4.79 Å². The number of hydrogen-bond acceptors (Lipinski definition) is 4. The summed E-state index contributed by atoms with van der Waals surface area (Å²) in [7, 11) is 0. The van der Waals surface area contributed by atoms with E-state index in [0.717, 1.165) is 44.5 Å². The molecule has 0 aliphatic carbocycles. The lowest BCUT2D eigenvalue weighted by atomic mass is 10.0. The molecule has 1 saturated heterocycles. The minimum absolute atomic E-state index is 0.0990. The molecule has 1 aromatic rings. The highest BCUT2D eigenvalue weighted by Crippen LogP contribution is 2.14. The molecule has 0 amide bonds. The first-order valence-corrected chi connectivity index (χ1v) is 7.82. The molecule has 1 aliphatic heterocycles. The van der Waals surface area contributed by atoms with Crippen LogP contribution in [0.4, 0.5) is 0 Å². The van der Waals surface area contributed by atoms with Crippen molar-refractivity contribution in [1.29, 1.82) is 0 Å². The standard InChI is InChI=1S/C17H25NO3/c19-13-14-21-16-8-11-18(12-9-16)10-4-7-17(20)15-5-2-1-3-6-15/h1-3,5-6,16,19H,4,7-14H2. The predicted molar refractivity (Wildman–Crippen MR) is 82.5 cm³/mol. The number of rotatable bonds is 8. The van der Waals surface area contributed by atoms with Crippen LogP contribution in [0.25, 0.3) is 0 Å². The minimum Gasteiger partial charge on any atom is -0.394 e. The second-order valence-electron chi connectivity index (χ2n) is 5.53. The number of aliphatic hydroxyl groups is 1. The monoisotopic (exact) mass is 291 g/mol. The Bertz CT molecular complexity index is 413. The number of ketones is 1. The second kappa shape index (κ2) is 8.93. The summed E-state index contributed by atoms with van der Waals surface area (Å²) in [6.07, 6.45) is 3.86. The molecule has 0 aromatic heterocycles. The number of likely N-dealkylation sites (tertiary alicyclic amines) is 1. The molecule has 1 aliphatic rings. The number of nitrogens with zero attached hydrogens (tertiary/aromatic N) is 1. The molecule has 1 fully saturated rings. The minimum atomic E-state index is 0.0990. The molecule has 0 saturated carbocycles. The van der Waals surface area contributed by atoms with Gasteiger partial charge in [-0.25, -0.2) is 0 Å². The largest absolute Gasteiger partial charge is 0.394 e. The quantitative estimate of drug-likeness (QED) is 0.745. The third-order valence-corrected chi connectivity index (χ3v) is 3.95. The van der Waals surface area contributed by atoms with Crippen LogP contribution in [0.5, 0.6) is 0 Å². The van der Waals surface area contributed by atoms with Gasteiger partial charge in [-0.05, 0) is 25.8 Å². The molecule has 0 atom stereocenters. The van der Waals surface area contributed by atoms with Crippen molar-refractivity contribution in [2.45, 2.75) is 31.8 Å². The van der Waals surface area contributed by atoms with E-state index in [4.69, 9.17) is 9.84 Å². The maximum atomic E-state index is 12.0. The number of Topliss-reactive ketones (excluding diaryl/α,β-unsaturated/α-hetero) is 1. The zero-order chi connectivity index (χ0) is 14.9. The lowest BCUT2D eigenvalue weighted by molar-refractivity contribution is -0.00783. The molecule has 116 valence electrons. The Morgan fingerprint density at radius 3 is 2.62 bits per heavy atom. The van der Waals surface area contributed by atoms with Gasteiger partial charge in [0.1, 0.15) is 0 Å². The molecule has 4 nitrogen and oxygen atoms in total. The Balaban J connectivity index is 1.61. The summed E-state index contributed by atoms with van der Waals surface area (Å²) in [5, 5.41) is 8.74. The number of aliphatic hydroxyl groups excluding tert-OH is 1. The van der Waals surface area contributed by atoms with Gasteiger partial charge in [-0.1, -0.05) is 30.3 Å². The van der Waals surface area contributed by atoms with Gasteiger partial charge in [0.05, 0.1) is 19.3 Å². The Hall–Kier alpha value is -1.23. The zero-order valence-electron chi connectivity index (χ0n) is 12.5. The molecule has 4 heteroatoms. The van der Waals surface area contributed by atoms with Gasteiger partial charge in [0.2, 0.25) is 0 Å². The van der Waals surface area contributed by atoms with E-state index in [2.05, 4.69) is 4.90 Å². The van der Waals surface area contributed by atoms with Crippen LogP contribution < -0.4 is 0 Å². The summed E-state index contributed by atoms with van der Waals surface area (Å²) in [5.74, 6) is 0.233. The van der Waals surface area contributed by atoms with Gasteiger partial charge in [-0.15, -0.1) is 0 Å². The van der Waals surface area contributed by atoms with Gasteiger partial charge in [-0.3, -0.25) is 4.79 Å². The third kappa shape index (κ3) is 5.58. The summed E-state index contributed by atoms with van der Waals surface area (Å²) in [5.41, 5.74) is 0.814. The van der Waals surface area contributed by atoms with Crippen molar-refractivity contribution < 1.29 is 14.6 Å². The van der Waals surface area contributed by atoms with Crippen molar-refractivity contribution in [2.75, 3.05) is 32.8 Å². The van der Waals surface area contributed by atoms with Crippen LogP contribution in [0.15, 0.2) is 30.3 Å². The third-order valence-electron chi connectivity index (χ3n) is 3.95. The molecule has 0 bridgehead atoms. The molecule has 0 radical (unpaired) electrons. The van der Waals surface area contributed by atoms with Crippen LogP contribution in [0.1, 0.15) is 36.0 Å². The number of benzene rings is 1. The fourth-order valence-electron chi connectivity index (χ4n) is 2.75. The highest BCUT2D eigenvalue weighted by atomic mass is 16.5. The van der Waals surface area contributed by atoms with Crippen LogP contribution in [-0.2, 0) is 4.74 Å². The summed E-state index contributed by atoms with van der Waals surface area (Å²) in [6, 6.07) is 9.51. The Morgan fingerprint density at radius 1 is 1.24 bits per heavy atom. The Labute approximate surface area is 126 Å². The van der Waals surface area contributed by atoms with Crippen molar-refractivity contribution in [3.8, 4) is 0 Å². The van der Waals surface area contributed by atoms with Gasteiger partial charge in [0.25, 0.3) is 0 Å². The van der Waals surface area contributed by atoms with Gasteiger partial charge < -0.3 is 14.7 Å². The maximum absolute atomic E-state index is 12.0. The second-order valence-corrected chi connectivity index (χ2v) is 5.53. The first kappa shape index (κ1) is 16.1. The van der Waals surface area contributed by atoms with Gasteiger partial charge in [0.15, 0.2) is 5.78 Å². The van der Waals surface area contributed by atoms with Crippen LogP contribution in [0.3, 0.4) is 0 Å². The number of carbonyl (C=O) groups is 1. The molecular weight excluding hydrogens is 266 g/mol. The topological polar surface area (TPSA) is 49.8 Å². The van der Waals surface area contributed by atoms with Crippen LogP contribution in [-0.4, -0.2) is 54.7 Å². The number of piperidine rings is 1. The average Bonchev–Trinajstić information content (AvgIpc) is 2.55. The summed E-state index contributed by atoms with van der Waals surface area (Å²) in [4.78, 5) is 14.4. The van der Waals surface area contributed by atoms with Crippen molar-refractivity contribution in [3.63, 3.8) is 0 Å². The first-order valence-electron chi connectivity index (χ1n) is 7.82. The maximum Gasteiger partial charge on any atom is 0.162 e. The lowest BCUT2D eigenvalue weighted by Gasteiger charge is -2.31. The normalized spacial score (nSPS) is 17.0. The molecule has 1 N–H and O–H groups in total. The zero-order valence-corrected chi connectivity index (χ0v) is 12.5. The van der Waals surface area contributed by atoms with Crippen molar-refractivity contribution in [2.24, 2.45) is 0 Å². The Kier molecular flexibility index (Phi) is 6.86. The fraction of sp³-hybridized carbons (Fsp3) is 0.588. The lowest BCUT2D eigenvalue weighted by Crippen LogP contribution is -2.38. The summed E-state index contributed by atoms with van der Waals surface area (Å²) < 4.78 is 5.55. The van der Waals surface area contributed by atoms with Crippen molar-refractivity contribution in [3.05, 3.63) is 35.9 Å². The van der Waals surface area contributed by atoms with E-state index in [1.165, 1.54) is 0 Å². The fourth-order valence-corrected chi connectivity index (χ4v) is 2.75. The number of carbonyl (C=O) groups excluding carboxylic acids is 1. The highest BCUT2D eigenvalue weighted by molar-refractivity contribution is 5.95. The van der Waals surface area contributed by atoms with E-state index in [-0.39, 0.29) is 12.4 Å². The molecule has 0 unspecified atom stereocenters. The molecular formula is C17H25NO3. The molecule has 0 spiro atoms. The van der Waals surface area contributed by atoms with E-state index in [1.807, 2.05) is 30.3 Å². The van der Waals surface area contributed by atoms with E-state index in [0.29, 0.717) is 19.1 Å². The van der Waals surface area contributed by atoms with Crippen LogP contribution >= 0.6 is 0 Å². The SMILES string of the molecule is O=C(CCCN1CCC(OCCO)CC1)c1ccccc1. The van der Waals surface area contributed by atoms with Crippen molar-refractivity contribution in [1.82, 2.24) is 4.90 Å². The van der Waals surface area contributed by atoms with Gasteiger partial charge in [-0.2, -0.15) is 0 Å². The smallest absolute Gasteiger partial charge is 0.162 e. The van der Waals surface area contributed by atoms with Crippen LogP contribution in [0.2, 0.25) is 0 Å². The highest BCUT2D eigenvalue weighted by Gasteiger charge is 2.19. The summed E-state index contributed by atoms with van der Waals surface area (Å²) in [6.45, 7) is 3.56. The van der Waals surface area contributed by atoms with Gasteiger partial charge in [0, 0.05) is 25.1 Å². The van der Waals surface area contributed by atoms with Crippen LogP contribution in [0, 0.1) is 0 Å². The van der Waals surface area contributed by atoms with E-state index in [1.54, 1.807) is 0 Å². The summed E-state index contributed by atoms with van der Waals surface area (Å²) >= 11 is 0. The Morgan fingerprint density at radius 2 is 1.95 bits per heavy atom. The van der Waals surface area contributed by atoms with Gasteiger partial charge >= 0.3 is 0 Å². The molecule has 1 heterocycles. The average molecular weight is 291 g/mol. The first-order chi connectivity index (χ1) is 10.3. The molecule has 2 rings (SSSR count). The number of ether oxygens (including phenoxy) is 1.